The van der Waals surface area contributed by atoms with E-state index in [1.54, 1.807) is 0 Å². The van der Waals surface area contributed by atoms with Crippen LogP contribution in [0.3, 0.4) is 0 Å². The first-order valence-corrected chi connectivity index (χ1v) is 6.44. The van der Waals surface area contributed by atoms with Gasteiger partial charge in [0.05, 0.1) is 6.61 Å². The molecule has 17 heavy (non-hydrogen) atoms. The second kappa shape index (κ2) is 6.01. The molecule has 0 atom stereocenters. The molecule has 0 unspecified atom stereocenters. The lowest BCUT2D eigenvalue weighted by molar-refractivity contribution is 0.315. The molecule has 0 radical (unpaired) electrons. The summed E-state index contributed by atoms with van der Waals surface area (Å²) in [5.41, 5.74) is 0.843. The van der Waals surface area contributed by atoms with Gasteiger partial charge in [-0.2, -0.15) is 0 Å². The number of rotatable bonds is 4. The second-order valence-electron chi connectivity index (χ2n) is 4.56. The van der Waals surface area contributed by atoms with E-state index in [0.717, 1.165) is 37.9 Å². The summed E-state index contributed by atoms with van der Waals surface area (Å²) in [5.74, 6) is 0.879. The van der Waals surface area contributed by atoms with Crippen molar-refractivity contribution in [1.29, 1.82) is 0 Å². The SMILES string of the molecule is CCCOc1ccc(C2CCNCC2)c(F)c1. The largest absolute Gasteiger partial charge is 0.494 e. The van der Waals surface area contributed by atoms with E-state index in [-0.39, 0.29) is 5.82 Å². The Morgan fingerprint density at radius 3 is 2.76 bits per heavy atom. The average molecular weight is 237 g/mol. The zero-order valence-corrected chi connectivity index (χ0v) is 10.3. The molecule has 1 fully saturated rings. The van der Waals surface area contributed by atoms with Crippen molar-refractivity contribution in [1.82, 2.24) is 5.32 Å². The molecule has 0 bridgehead atoms. The monoisotopic (exact) mass is 237 g/mol. The maximum absolute atomic E-state index is 14.0. The third-order valence-electron chi connectivity index (χ3n) is 3.22. The number of ether oxygens (including phenoxy) is 1. The van der Waals surface area contributed by atoms with Gasteiger partial charge >= 0.3 is 0 Å². The van der Waals surface area contributed by atoms with Gasteiger partial charge in [0.15, 0.2) is 0 Å². The first kappa shape index (κ1) is 12.4. The predicted molar refractivity (Wildman–Crippen MR) is 67.0 cm³/mol. The van der Waals surface area contributed by atoms with Crippen LogP contribution in [0.25, 0.3) is 0 Å². The van der Waals surface area contributed by atoms with Crippen LogP contribution in [-0.2, 0) is 0 Å². The molecule has 0 aliphatic carbocycles. The van der Waals surface area contributed by atoms with Crippen LogP contribution in [0.4, 0.5) is 4.39 Å². The van der Waals surface area contributed by atoms with Crippen molar-refractivity contribution in [3.8, 4) is 5.75 Å². The van der Waals surface area contributed by atoms with Gasteiger partial charge in [0.25, 0.3) is 0 Å². The van der Waals surface area contributed by atoms with Gasteiger partial charge in [-0.1, -0.05) is 13.0 Å². The fourth-order valence-electron chi connectivity index (χ4n) is 2.28. The molecule has 1 heterocycles. The molecular weight excluding hydrogens is 217 g/mol. The van der Waals surface area contributed by atoms with Gasteiger partial charge in [0, 0.05) is 6.07 Å². The first-order valence-electron chi connectivity index (χ1n) is 6.44. The number of halogens is 1. The summed E-state index contributed by atoms with van der Waals surface area (Å²) in [5, 5.41) is 3.30. The van der Waals surface area contributed by atoms with Gasteiger partial charge in [-0.05, 0) is 49.9 Å². The van der Waals surface area contributed by atoms with Crippen molar-refractivity contribution in [2.24, 2.45) is 0 Å². The molecule has 1 aromatic carbocycles. The molecule has 1 aromatic rings. The molecule has 94 valence electrons. The molecule has 1 saturated heterocycles. The minimum atomic E-state index is -0.120. The van der Waals surface area contributed by atoms with Crippen molar-refractivity contribution in [3.63, 3.8) is 0 Å². The van der Waals surface area contributed by atoms with E-state index in [1.807, 2.05) is 19.1 Å². The first-order chi connectivity index (χ1) is 8.31. The van der Waals surface area contributed by atoms with Gasteiger partial charge in [0.1, 0.15) is 11.6 Å². The van der Waals surface area contributed by atoms with E-state index >= 15 is 0 Å². The Balaban J connectivity index is 2.07. The summed E-state index contributed by atoms with van der Waals surface area (Å²) >= 11 is 0. The quantitative estimate of drug-likeness (QED) is 0.869. The maximum atomic E-state index is 14.0. The minimum Gasteiger partial charge on any atom is -0.494 e. The highest BCUT2D eigenvalue weighted by Gasteiger charge is 2.18. The number of hydrogen-bond acceptors (Lipinski definition) is 2. The summed E-state index contributed by atoms with van der Waals surface area (Å²) in [7, 11) is 0. The normalized spacial score (nSPS) is 17.1. The number of nitrogens with one attached hydrogen (secondary N) is 1. The van der Waals surface area contributed by atoms with Gasteiger partial charge in [-0.25, -0.2) is 4.39 Å². The fraction of sp³-hybridized carbons (Fsp3) is 0.571. The number of benzene rings is 1. The second-order valence-corrected chi connectivity index (χ2v) is 4.56. The third-order valence-corrected chi connectivity index (χ3v) is 3.22. The van der Waals surface area contributed by atoms with Crippen molar-refractivity contribution in [3.05, 3.63) is 29.6 Å². The third kappa shape index (κ3) is 3.19. The minimum absolute atomic E-state index is 0.120. The molecule has 0 aromatic heterocycles. The Hall–Kier alpha value is -1.09. The van der Waals surface area contributed by atoms with Crippen LogP contribution in [0.15, 0.2) is 18.2 Å². The van der Waals surface area contributed by atoms with Gasteiger partial charge < -0.3 is 10.1 Å². The van der Waals surface area contributed by atoms with Crippen molar-refractivity contribution in [2.45, 2.75) is 32.1 Å². The lowest BCUT2D eigenvalue weighted by Gasteiger charge is -2.23. The molecule has 0 amide bonds. The van der Waals surface area contributed by atoms with E-state index in [1.165, 1.54) is 6.07 Å². The van der Waals surface area contributed by atoms with Crippen molar-refractivity contribution >= 4 is 0 Å². The predicted octanol–water partition coefficient (Wildman–Crippen LogP) is 3.08. The maximum Gasteiger partial charge on any atom is 0.130 e. The zero-order chi connectivity index (χ0) is 12.1. The number of piperidine rings is 1. The van der Waals surface area contributed by atoms with E-state index in [0.29, 0.717) is 18.3 Å². The van der Waals surface area contributed by atoms with Crippen molar-refractivity contribution < 1.29 is 9.13 Å². The molecule has 1 aliphatic rings. The Morgan fingerprint density at radius 2 is 2.12 bits per heavy atom. The highest BCUT2D eigenvalue weighted by molar-refractivity contribution is 5.31. The van der Waals surface area contributed by atoms with Gasteiger partial charge in [-0.3, -0.25) is 0 Å². The van der Waals surface area contributed by atoms with E-state index < -0.39 is 0 Å². The highest BCUT2D eigenvalue weighted by atomic mass is 19.1. The standard InChI is InChI=1S/C14H20FNO/c1-2-9-17-12-3-4-13(14(15)10-12)11-5-7-16-8-6-11/h3-4,10-11,16H,2,5-9H2,1H3. The number of hydrogen-bond donors (Lipinski definition) is 1. The topological polar surface area (TPSA) is 21.3 Å². The van der Waals surface area contributed by atoms with Crippen LogP contribution in [0.1, 0.15) is 37.7 Å². The Labute approximate surface area is 102 Å². The average Bonchev–Trinajstić information content (AvgIpc) is 2.37. The van der Waals surface area contributed by atoms with Crippen LogP contribution in [0.2, 0.25) is 0 Å². The Morgan fingerprint density at radius 1 is 1.35 bits per heavy atom. The van der Waals surface area contributed by atoms with Crippen LogP contribution in [0.5, 0.6) is 5.75 Å². The van der Waals surface area contributed by atoms with Crippen LogP contribution < -0.4 is 10.1 Å². The zero-order valence-electron chi connectivity index (χ0n) is 10.3. The Kier molecular flexibility index (Phi) is 4.37. The molecule has 2 nitrogen and oxygen atoms in total. The summed E-state index contributed by atoms with van der Waals surface area (Å²) in [6.07, 6.45) is 2.98. The van der Waals surface area contributed by atoms with Crippen LogP contribution in [0, 0.1) is 5.82 Å². The molecular formula is C14H20FNO. The van der Waals surface area contributed by atoms with Gasteiger partial charge in [0.2, 0.25) is 0 Å². The molecule has 1 aliphatic heterocycles. The van der Waals surface area contributed by atoms with E-state index in [9.17, 15) is 4.39 Å². The molecule has 1 N–H and O–H groups in total. The fourth-order valence-corrected chi connectivity index (χ4v) is 2.28. The summed E-state index contributed by atoms with van der Waals surface area (Å²) in [4.78, 5) is 0. The lowest BCUT2D eigenvalue weighted by atomic mass is 9.90. The highest BCUT2D eigenvalue weighted by Crippen LogP contribution is 2.29. The molecule has 3 heteroatoms. The van der Waals surface area contributed by atoms with E-state index in [4.69, 9.17) is 4.74 Å². The molecule has 2 rings (SSSR count). The van der Waals surface area contributed by atoms with Crippen molar-refractivity contribution in [2.75, 3.05) is 19.7 Å². The Bertz CT molecular complexity index is 361. The van der Waals surface area contributed by atoms with Gasteiger partial charge in [-0.15, -0.1) is 0 Å². The van der Waals surface area contributed by atoms with Crippen LogP contribution >= 0.6 is 0 Å². The van der Waals surface area contributed by atoms with Crippen LogP contribution in [-0.4, -0.2) is 19.7 Å². The van der Waals surface area contributed by atoms with E-state index in [2.05, 4.69) is 5.32 Å². The molecule has 0 saturated carbocycles. The smallest absolute Gasteiger partial charge is 0.130 e. The molecule has 0 spiro atoms. The summed E-state index contributed by atoms with van der Waals surface area (Å²) in [6, 6.07) is 5.29. The summed E-state index contributed by atoms with van der Waals surface area (Å²) < 4.78 is 19.4. The lowest BCUT2D eigenvalue weighted by Crippen LogP contribution is -2.27. The summed E-state index contributed by atoms with van der Waals surface area (Å²) in [6.45, 7) is 4.66.